The average Bonchev–Trinajstić information content (AvgIpc) is 3.10. The Morgan fingerprint density at radius 2 is 1.94 bits per heavy atom. The van der Waals surface area contributed by atoms with Gasteiger partial charge in [0.15, 0.2) is 12.5 Å². The van der Waals surface area contributed by atoms with Crippen LogP contribution in [0.4, 0.5) is 20.2 Å². The lowest BCUT2D eigenvalue weighted by Crippen LogP contribution is -2.30. The zero-order valence-corrected chi connectivity index (χ0v) is 18.3. The number of oxime groups is 1. The molecule has 0 bridgehead atoms. The predicted octanol–water partition coefficient (Wildman–Crippen LogP) is 3.74. The van der Waals surface area contributed by atoms with Crippen LogP contribution in [-0.4, -0.2) is 29.5 Å². The molecule has 0 aliphatic carbocycles. The van der Waals surface area contributed by atoms with Crippen molar-refractivity contribution in [2.75, 3.05) is 17.0 Å². The van der Waals surface area contributed by atoms with Crippen LogP contribution in [-0.2, 0) is 33.9 Å². The highest BCUT2D eigenvalue weighted by Gasteiger charge is 2.36. The molecule has 2 aliphatic heterocycles. The molecular weight excluding hydrogens is 460 g/mol. The minimum Gasteiger partial charge on any atom is -0.467 e. The Morgan fingerprint density at radius 3 is 2.74 bits per heavy atom. The monoisotopic (exact) mass is 479 g/mol. The molecule has 0 spiro atoms. The molecule has 0 radical (unpaired) electrons. The molecule has 2 aliphatic rings. The molecule has 2 heterocycles. The minimum atomic E-state index is -0.595. The molecule has 0 saturated heterocycles. The third kappa shape index (κ3) is 4.31. The summed E-state index contributed by atoms with van der Waals surface area (Å²) in [5.41, 5.74) is 2.05. The summed E-state index contributed by atoms with van der Waals surface area (Å²) >= 11 is 0. The molecule has 5 rings (SSSR count). The smallest absolute Gasteiger partial charge is 0.281 e. The van der Waals surface area contributed by atoms with Gasteiger partial charge in [-0.3, -0.25) is 9.59 Å². The van der Waals surface area contributed by atoms with Gasteiger partial charge in [-0.25, -0.2) is 8.78 Å². The van der Waals surface area contributed by atoms with Crippen LogP contribution in [0.1, 0.15) is 22.3 Å². The molecule has 0 fully saturated rings. The van der Waals surface area contributed by atoms with Gasteiger partial charge >= 0.3 is 0 Å². The Kier molecular flexibility index (Phi) is 5.87. The SMILES string of the molecule is O=C(Cc1ccccc1F)Nc1ccc2c(c1)N(Cc1cc(F)cc3c1OCOC3)C(=O)/C2=N\O. The highest BCUT2D eigenvalue weighted by molar-refractivity contribution is 6.54. The second-order valence-corrected chi connectivity index (χ2v) is 8.05. The second-order valence-electron chi connectivity index (χ2n) is 8.05. The van der Waals surface area contributed by atoms with Crippen molar-refractivity contribution in [2.24, 2.45) is 5.16 Å². The number of halogens is 2. The molecule has 35 heavy (non-hydrogen) atoms. The largest absolute Gasteiger partial charge is 0.467 e. The van der Waals surface area contributed by atoms with E-state index in [0.717, 1.165) is 0 Å². The minimum absolute atomic E-state index is 0.00228. The number of anilines is 2. The molecule has 8 nitrogen and oxygen atoms in total. The fourth-order valence-corrected chi connectivity index (χ4v) is 4.20. The van der Waals surface area contributed by atoms with Crippen LogP contribution in [0.2, 0.25) is 0 Å². The van der Waals surface area contributed by atoms with E-state index in [1.165, 1.54) is 41.3 Å². The first-order valence-corrected chi connectivity index (χ1v) is 10.7. The fraction of sp³-hybridized carbons (Fsp3) is 0.160. The normalized spacial score (nSPS) is 15.5. The molecule has 0 aromatic heterocycles. The van der Waals surface area contributed by atoms with Gasteiger partial charge in [-0.15, -0.1) is 0 Å². The molecule has 3 aromatic rings. The summed E-state index contributed by atoms with van der Waals surface area (Å²) < 4.78 is 38.9. The van der Waals surface area contributed by atoms with Crippen LogP contribution >= 0.6 is 0 Å². The van der Waals surface area contributed by atoms with E-state index in [4.69, 9.17) is 9.47 Å². The first-order valence-electron chi connectivity index (χ1n) is 10.7. The zero-order valence-electron chi connectivity index (χ0n) is 18.3. The van der Waals surface area contributed by atoms with E-state index in [1.807, 2.05) is 0 Å². The van der Waals surface area contributed by atoms with E-state index >= 15 is 0 Å². The van der Waals surface area contributed by atoms with Crippen LogP contribution in [0.5, 0.6) is 5.75 Å². The van der Waals surface area contributed by atoms with Crippen LogP contribution in [0.15, 0.2) is 59.8 Å². The van der Waals surface area contributed by atoms with Crippen molar-refractivity contribution in [3.8, 4) is 5.75 Å². The van der Waals surface area contributed by atoms with E-state index in [1.54, 1.807) is 18.2 Å². The number of amides is 2. The van der Waals surface area contributed by atoms with Crippen molar-refractivity contribution < 1.29 is 33.1 Å². The van der Waals surface area contributed by atoms with Crippen LogP contribution in [0.3, 0.4) is 0 Å². The van der Waals surface area contributed by atoms with Crippen LogP contribution < -0.4 is 15.0 Å². The highest BCUT2D eigenvalue weighted by atomic mass is 19.1. The molecule has 0 unspecified atom stereocenters. The van der Waals surface area contributed by atoms with Gasteiger partial charge in [0.1, 0.15) is 17.4 Å². The van der Waals surface area contributed by atoms with E-state index < -0.39 is 23.4 Å². The van der Waals surface area contributed by atoms with Crippen LogP contribution in [0.25, 0.3) is 0 Å². The molecule has 2 N–H and O–H groups in total. The Hall–Kier alpha value is -4.31. The summed E-state index contributed by atoms with van der Waals surface area (Å²) in [5.74, 6) is -1.61. The van der Waals surface area contributed by atoms with Crippen molar-refractivity contribution in [1.82, 2.24) is 0 Å². The zero-order chi connectivity index (χ0) is 24.5. The van der Waals surface area contributed by atoms with Gasteiger partial charge in [0.25, 0.3) is 5.91 Å². The standard InChI is InChI=1S/C25H19F2N3O5/c26-17-7-15(24-16(8-17)12-34-13-35-24)11-30-21-10-18(5-6-19(21)23(29-33)25(30)32)28-22(31)9-14-3-1-2-4-20(14)27/h1-8,10,33H,9,11-13H2,(H,28,31)/b29-23-. The van der Waals surface area contributed by atoms with Gasteiger partial charge in [-0.1, -0.05) is 23.4 Å². The molecule has 0 atom stereocenters. The number of carbonyl (C=O) groups excluding carboxylic acids is 2. The lowest BCUT2D eigenvalue weighted by atomic mass is 10.1. The van der Waals surface area contributed by atoms with Gasteiger partial charge in [-0.2, -0.15) is 0 Å². The number of rotatable bonds is 5. The lowest BCUT2D eigenvalue weighted by molar-refractivity contribution is -0.115. The number of hydrogen-bond donors (Lipinski definition) is 2. The first-order chi connectivity index (χ1) is 16.9. The van der Waals surface area contributed by atoms with Crippen LogP contribution in [0, 0.1) is 11.6 Å². The number of fused-ring (bicyclic) bond motifs is 2. The maximum atomic E-state index is 14.2. The maximum absolute atomic E-state index is 14.2. The molecule has 0 saturated carbocycles. The van der Waals surface area contributed by atoms with Crippen molar-refractivity contribution >= 4 is 28.9 Å². The number of ether oxygens (including phenoxy) is 2. The van der Waals surface area contributed by atoms with E-state index in [9.17, 15) is 23.6 Å². The van der Waals surface area contributed by atoms with E-state index in [-0.39, 0.29) is 37.6 Å². The Balaban J connectivity index is 1.44. The average molecular weight is 479 g/mol. The van der Waals surface area contributed by atoms with Gasteiger partial charge < -0.3 is 24.9 Å². The molecule has 2 amide bonds. The summed E-state index contributed by atoms with van der Waals surface area (Å²) in [6, 6.07) is 13.2. The number of hydrogen-bond acceptors (Lipinski definition) is 6. The van der Waals surface area contributed by atoms with Gasteiger partial charge in [0.2, 0.25) is 5.91 Å². The number of benzene rings is 3. The molecule has 178 valence electrons. The quantitative estimate of drug-likeness (QED) is 0.429. The lowest BCUT2D eigenvalue weighted by Gasteiger charge is -2.24. The summed E-state index contributed by atoms with van der Waals surface area (Å²) in [5, 5.41) is 15.3. The molecule has 3 aromatic carbocycles. The van der Waals surface area contributed by atoms with Gasteiger partial charge in [0.05, 0.1) is 25.3 Å². The van der Waals surface area contributed by atoms with Gasteiger partial charge in [-0.05, 0) is 42.0 Å². The Bertz CT molecular complexity index is 1380. The van der Waals surface area contributed by atoms with E-state index in [2.05, 4.69) is 10.5 Å². The third-order valence-electron chi connectivity index (χ3n) is 5.76. The van der Waals surface area contributed by atoms with Crippen molar-refractivity contribution in [3.63, 3.8) is 0 Å². The highest BCUT2D eigenvalue weighted by Crippen LogP contribution is 2.36. The topological polar surface area (TPSA) is 100 Å². The third-order valence-corrected chi connectivity index (χ3v) is 5.76. The summed E-state index contributed by atoms with van der Waals surface area (Å²) in [7, 11) is 0. The summed E-state index contributed by atoms with van der Waals surface area (Å²) in [6.45, 7) is 0.0986. The summed E-state index contributed by atoms with van der Waals surface area (Å²) in [4.78, 5) is 26.8. The fourth-order valence-electron chi connectivity index (χ4n) is 4.20. The van der Waals surface area contributed by atoms with Crippen molar-refractivity contribution in [3.05, 3.63) is 88.5 Å². The second kappa shape index (κ2) is 9.15. The van der Waals surface area contributed by atoms with Crippen molar-refractivity contribution in [2.45, 2.75) is 19.6 Å². The molecular formula is C25H19F2N3O5. The van der Waals surface area contributed by atoms with Crippen molar-refractivity contribution in [1.29, 1.82) is 0 Å². The number of carbonyl (C=O) groups is 2. The Labute approximate surface area is 198 Å². The maximum Gasteiger partial charge on any atom is 0.281 e. The van der Waals surface area contributed by atoms with E-state index in [0.29, 0.717) is 33.8 Å². The molecule has 10 heteroatoms. The number of nitrogens with one attached hydrogen (secondary N) is 1. The summed E-state index contributed by atoms with van der Waals surface area (Å²) in [6.07, 6.45) is -0.176. The predicted molar refractivity (Wildman–Crippen MR) is 121 cm³/mol. The van der Waals surface area contributed by atoms with Gasteiger partial charge in [0, 0.05) is 22.4 Å². The first kappa shape index (κ1) is 22.5. The Morgan fingerprint density at radius 1 is 1.11 bits per heavy atom. The number of nitrogens with zero attached hydrogens (tertiary/aromatic N) is 2.